The highest BCUT2D eigenvalue weighted by atomic mass is 15.4. The molecule has 25 heavy (non-hydrogen) atoms. The number of hydrogen-bond acceptors (Lipinski definition) is 2. The number of rotatable bonds is 13. The monoisotopic (exact) mass is 342 g/mol. The molecule has 0 saturated heterocycles. The largest absolute Gasteiger partial charge is 0.356 e. The van der Waals surface area contributed by atoms with E-state index < -0.39 is 0 Å². The molecule has 0 fully saturated rings. The molecule has 0 N–H and O–H groups in total. The first-order chi connectivity index (χ1) is 12.4. The van der Waals surface area contributed by atoms with Crippen molar-refractivity contribution in [3.8, 4) is 0 Å². The molecule has 0 aromatic heterocycles. The Morgan fingerprint density at radius 1 is 0.720 bits per heavy atom. The Bertz CT molecular complexity index is 468. The third-order valence-electron chi connectivity index (χ3n) is 5.26. The summed E-state index contributed by atoms with van der Waals surface area (Å²) in [7, 11) is 0. The van der Waals surface area contributed by atoms with Crippen LogP contribution in [0.4, 0.5) is 5.69 Å². The lowest BCUT2D eigenvalue weighted by atomic mass is 10.1. The van der Waals surface area contributed by atoms with Gasteiger partial charge in [0.2, 0.25) is 0 Å². The van der Waals surface area contributed by atoms with Crippen molar-refractivity contribution < 1.29 is 0 Å². The fourth-order valence-electron chi connectivity index (χ4n) is 3.73. The van der Waals surface area contributed by atoms with Gasteiger partial charge < -0.3 is 9.80 Å². The summed E-state index contributed by atoms with van der Waals surface area (Å²) in [6.45, 7) is 5.78. The summed E-state index contributed by atoms with van der Waals surface area (Å²) in [6, 6.07) is 10.9. The second-order valence-corrected chi connectivity index (χ2v) is 7.38. The van der Waals surface area contributed by atoms with Crippen molar-refractivity contribution in [3.63, 3.8) is 0 Å². The molecule has 0 bridgehead atoms. The minimum Gasteiger partial charge on any atom is -0.356 e. The van der Waals surface area contributed by atoms with Gasteiger partial charge in [-0.2, -0.15) is 0 Å². The van der Waals surface area contributed by atoms with E-state index in [0.29, 0.717) is 6.17 Å². The Labute approximate surface area is 155 Å². The number of unbranched alkanes of at least 4 members (excludes halogenated alkanes) is 8. The number of nitrogens with zero attached hydrogens (tertiary/aromatic N) is 2. The molecule has 0 radical (unpaired) electrons. The lowest BCUT2D eigenvalue weighted by molar-refractivity contribution is 0.273. The van der Waals surface area contributed by atoms with Crippen molar-refractivity contribution in [2.24, 2.45) is 0 Å². The molecule has 1 heterocycles. The van der Waals surface area contributed by atoms with Gasteiger partial charge in [0.1, 0.15) is 6.17 Å². The third kappa shape index (κ3) is 6.76. The van der Waals surface area contributed by atoms with Gasteiger partial charge in [-0.25, -0.2) is 0 Å². The van der Waals surface area contributed by atoms with E-state index in [1.54, 1.807) is 0 Å². The summed E-state index contributed by atoms with van der Waals surface area (Å²) in [5.74, 6) is 0. The van der Waals surface area contributed by atoms with Crippen molar-refractivity contribution in [3.05, 3.63) is 42.7 Å². The number of benzene rings is 1. The van der Waals surface area contributed by atoms with E-state index >= 15 is 0 Å². The van der Waals surface area contributed by atoms with Gasteiger partial charge in [0.15, 0.2) is 0 Å². The van der Waals surface area contributed by atoms with Crippen LogP contribution in [0.15, 0.2) is 42.7 Å². The van der Waals surface area contributed by atoms with Crippen LogP contribution in [0, 0.1) is 0 Å². The quantitative estimate of drug-likeness (QED) is 0.358. The molecule has 1 aromatic carbocycles. The predicted molar refractivity (Wildman–Crippen MR) is 111 cm³/mol. The van der Waals surface area contributed by atoms with Crippen LogP contribution in [0.5, 0.6) is 0 Å². The van der Waals surface area contributed by atoms with Crippen molar-refractivity contribution in [1.29, 1.82) is 0 Å². The summed E-state index contributed by atoms with van der Waals surface area (Å²) in [4.78, 5) is 5.05. The van der Waals surface area contributed by atoms with Gasteiger partial charge in [-0.1, -0.05) is 83.4 Å². The standard InChI is InChI=1S/C23H38N2/c1-3-5-7-8-9-10-15-19-24-20-21-25(22-16-13-11-14-17-22)23(24)18-12-6-4-2/h11,13-14,16-17,20-21,23H,3-10,12,15,18-19H2,1-2H3. The second-order valence-electron chi connectivity index (χ2n) is 7.38. The van der Waals surface area contributed by atoms with Gasteiger partial charge in [-0.05, 0) is 31.4 Å². The van der Waals surface area contributed by atoms with Crippen LogP contribution in [0.1, 0.15) is 84.5 Å². The highest BCUT2D eigenvalue weighted by Gasteiger charge is 2.26. The Balaban J connectivity index is 1.80. The molecule has 0 aliphatic carbocycles. The van der Waals surface area contributed by atoms with E-state index in [-0.39, 0.29) is 0 Å². The molecule has 0 saturated carbocycles. The fourth-order valence-corrected chi connectivity index (χ4v) is 3.73. The Morgan fingerprint density at radius 3 is 2.08 bits per heavy atom. The molecule has 1 aromatic rings. The Kier molecular flexibility index (Phi) is 9.54. The van der Waals surface area contributed by atoms with Crippen molar-refractivity contribution in [2.45, 2.75) is 90.6 Å². The topological polar surface area (TPSA) is 6.48 Å². The minimum atomic E-state index is 0.508. The first kappa shape index (κ1) is 19.9. The molecule has 2 rings (SSSR count). The van der Waals surface area contributed by atoms with Gasteiger partial charge in [0, 0.05) is 24.6 Å². The van der Waals surface area contributed by atoms with E-state index in [0.717, 1.165) is 0 Å². The molecule has 1 aliphatic rings. The van der Waals surface area contributed by atoms with Crippen LogP contribution in [0.3, 0.4) is 0 Å². The summed E-state index contributed by atoms with van der Waals surface area (Å²) >= 11 is 0. The number of para-hydroxylation sites is 1. The maximum Gasteiger partial charge on any atom is 0.105 e. The van der Waals surface area contributed by atoms with Crippen molar-refractivity contribution in [2.75, 3.05) is 11.4 Å². The zero-order chi connectivity index (χ0) is 17.7. The van der Waals surface area contributed by atoms with Crippen LogP contribution in [-0.2, 0) is 0 Å². The van der Waals surface area contributed by atoms with Crippen LogP contribution < -0.4 is 4.90 Å². The Hall–Kier alpha value is -1.44. The summed E-state index contributed by atoms with van der Waals surface area (Å²) in [5.41, 5.74) is 1.32. The second kappa shape index (κ2) is 12.0. The van der Waals surface area contributed by atoms with Crippen LogP contribution in [0.2, 0.25) is 0 Å². The molecular weight excluding hydrogens is 304 g/mol. The first-order valence-corrected chi connectivity index (χ1v) is 10.6. The summed E-state index contributed by atoms with van der Waals surface area (Å²) < 4.78 is 0. The molecule has 140 valence electrons. The smallest absolute Gasteiger partial charge is 0.105 e. The molecule has 1 atom stereocenters. The van der Waals surface area contributed by atoms with Gasteiger partial charge in [-0.15, -0.1) is 0 Å². The lowest BCUT2D eigenvalue weighted by Gasteiger charge is -2.33. The maximum absolute atomic E-state index is 2.58. The SMILES string of the molecule is CCCCCCCCCN1C=CN(c2ccccc2)C1CCCCC. The van der Waals surface area contributed by atoms with Crippen molar-refractivity contribution >= 4 is 5.69 Å². The zero-order valence-corrected chi connectivity index (χ0v) is 16.5. The lowest BCUT2D eigenvalue weighted by Crippen LogP contribution is -2.39. The summed E-state index contributed by atoms with van der Waals surface area (Å²) in [5, 5.41) is 0. The molecule has 1 unspecified atom stereocenters. The van der Waals surface area contributed by atoms with Gasteiger partial charge in [0.25, 0.3) is 0 Å². The van der Waals surface area contributed by atoms with Crippen molar-refractivity contribution in [1.82, 2.24) is 4.90 Å². The highest BCUT2D eigenvalue weighted by molar-refractivity contribution is 5.51. The number of hydrogen-bond donors (Lipinski definition) is 0. The minimum absolute atomic E-state index is 0.508. The van der Waals surface area contributed by atoms with Gasteiger partial charge in [0.05, 0.1) is 0 Å². The Morgan fingerprint density at radius 2 is 1.36 bits per heavy atom. The molecule has 2 heteroatoms. The first-order valence-electron chi connectivity index (χ1n) is 10.6. The maximum atomic E-state index is 2.58. The normalized spacial score (nSPS) is 16.8. The molecule has 0 amide bonds. The molecule has 1 aliphatic heterocycles. The fraction of sp³-hybridized carbons (Fsp3) is 0.652. The average Bonchev–Trinajstić information content (AvgIpc) is 3.05. The zero-order valence-electron chi connectivity index (χ0n) is 16.5. The molecular formula is C23H38N2. The molecule has 2 nitrogen and oxygen atoms in total. The van der Waals surface area contributed by atoms with E-state index in [2.05, 4.69) is 66.4 Å². The number of anilines is 1. The average molecular weight is 343 g/mol. The highest BCUT2D eigenvalue weighted by Crippen LogP contribution is 2.28. The summed E-state index contributed by atoms with van der Waals surface area (Å²) in [6.07, 6.45) is 20.0. The van der Waals surface area contributed by atoms with Crippen LogP contribution >= 0.6 is 0 Å². The molecule has 0 spiro atoms. The predicted octanol–water partition coefficient (Wildman–Crippen LogP) is 6.94. The van der Waals surface area contributed by atoms with Crippen LogP contribution in [-0.4, -0.2) is 17.6 Å². The van der Waals surface area contributed by atoms with Gasteiger partial charge >= 0.3 is 0 Å². The van der Waals surface area contributed by atoms with E-state index in [1.165, 1.54) is 82.9 Å². The van der Waals surface area contributed by atoms with E-state index in [4.69, 9.17) is 0 Å². The van der Waals surface area contributed by atoms with E-state index in [1.807, 2.05) is 0 Å². The third-order valence-corrected chi connectivity index (χ3v) is 5.26. The van der Waals surface area contributed by atoms with Crippen LogP contribution in [0.25, 0.3) is 0 Å². The van der Waals surface area contributed by atoms with E-state index in [9.17, 15) is 0 Å². The van der Waals surface area contributed by atoms with Gasteiger partial charge in [-0.3, -0.25) is 0 Å².